The topological polar surface area (TPSA) is 39.2 Å². The molecule has 2 nitrogen and oxygen atoms in total. The second kappa shape index (κ2) is 3.30. The van der Waals surface area contributed by atoms with Gasteiger partial charge in [0.2, 0.25) is 0 Å². The van der Waals surface area contributed by atoms with Gasteiger partial charge in [0.25, 0.3) is 0 Å². The fraction of sp³-hybridized carbons (Fsp3) is 0.500. The van der Waals surface area contributed by atoms with Gasteiger partial charge in [-0.3, -0.25) is 0 Å². The minimum atomic E-state index is 0.479. The van der Waals surface area contributed by atoms with Crippen molar-refractivity contribution in [2.24, 2.45) is 5.92 Å². The molecule has 0 saturated heterocycles. The van der Waals surface area contributed by atoms with Crippen molar-refractivity contribution >= 4 is 21.8 Å². The predicted octanol–water partition coefficient (Wildman–Crippen LogP) is 2.82. The summed E-state index contributed by atoms with van der Waals surface area (Å²) in [7, 11) is 0. The van der Waals surface area contributed by atoms with E-state index in [2.05, 4.69) is 29.8 Å². The molecule has 0 radical (unpaired) electrons. The average Bonchev–Trinajstić information content (AvgIpc) is 2.09. The first-order valence-corrected chi connectivity index (χ1v) is 4.42. The third kappa shape index (κ3) is 2.26. The predicted molar refractivity (Wildman–Crippen MR) is 49.4 cm³/mol. The van der Waals surface area contributed by atoms with Crippen LogP contribution in [0.15, 0.2) is 15.2 Å². The molecule has 0 saturated carbocycles. The highest BCUT2D eigenvalue weighted by atomic mass is 79.9. The van der Waals surface area contributed by atoms with E-state index in [1.165, 1.54) is 0 Å². The van der Waals surface area contributed by atoms with Crippen molar-refractivity contribution in [3.8, 4) is 0 Å². The lowest BCUT2D eigenvalue weighted by Gasteiger charge is -1.99. The van der Waals surface area contributed by atoms with Crippen LogP contribution in [0.5, 0.6) is 0 Å². The molecule has 1 heterocycles. The molecule has 0 aliphatic carbocycles. The van der Waals surface area contributed by atoms with Crippen LogP contribution in [0.4, 0.5) is 5.88 Å². The van der Waals surface area contributed by atoms with Crippen LogP contribution in [0, 0.1) is 5.92 Å². The molecule has 3 heteroatoms. The molecule has 0 unspecified atom stereocenters. The number of anilines is 1. The molecule has 2 N–H and O–H groups in total. The number of nitrogens with two attached hydrogens (primary N) is 1. The van der Waals surface area contributed by atoms with E-state index in [0.29, 0.717) is 11.8 Å². The fourth-order valence-corrected chi connectivity index (χ4v) is 1.47. The highest BCUT2D eigenvalue weighted by Gasteiger charge is 2.07. The van der Waals surface area contributed by atoms with Crippen LogP contribution in [0.1, 0.15) is 19.4 Å². The molecule has 0 amide bonds. The maximum atomic E-state index is 5.46. The molecule has 1 aromatic rings. The number of furan rings is 1. The number of rotatable bonds is 2. The molecule has 0 bridgehead atoms. The van der Waals surface area contributed by atoms with Gasteiger partial charge in [-0.25, -0.2) is 0 Å². The first-order chi connectivity index (χ1) is 5.09. The van der Waals surface area contributed by atoms with E-state index in [-0.39, 0.29) is 0 Å². The fourth-order valence-electron chi connectivity index (χ4n) is 1.01. The number of halogens is 1. The molecular formula is C8H12BrNO. The normalized spacial score (nSPS) is 10.9. The van der Waals surface area contributed by atoms with Crippen molar-refractivity contribution in [3.05, 3.63) is 16.3 Å². The third-order valence-corrected chi connectivity index (χ3v) is 2.08. The molecular weight excluding hydrogens is 206 g/mol. The number of nitrogen functional groups attached to an aromatic ring is 1. The summed E-state index contributed by atoms with van der Waals surface area (Å²) < 4.78 is 5.88. The minimum absolute atomic E-state index is 0.479. The van der Waals surface area contributed by atoms with Gasteiger partial charge >= 0.3 is 0 Å². The van der Waals surface area contributed by atoms with Gasteiger partial charge in [-0.1, -0.05) is 13.8 Å². The van der Waals surface area contributed by atoms with Gasteiger partial charge in [0.15, 0.2) is 10.6 Å². The Morgan fingerprint density at radius 1 is 1.64 bits per heavy atom. The Hall–Kier alpha value is -0.440. The molecule has 0 fully saturated rings. The number of hydrogen-bond acceptors (Lipinski definition) is 2. The van der Waals surface area contributed by atoms with Crippen molar-refractivity contribution in [2.75, 3.05) is 5.73 Å². The van der Waals surface area contributed by atoms with Crippen LogP contribution < -0.4 is 5.73 Å². The Balaban J connectivity index is 2.77. The zero-order chi connectivity index (χ0) is 8.43. The summed E-state index contributed by atoms with van der Waals surface area (Å²) >= 11 is 3.30. The molecule has 1 rings (SSSR count). The first-order valence-electron chi connectivity index (χ1n) is 3.63. The Kier molecular flexibility index (Phi) is 2.60. The third-order valence-electron chi connectivity index (χ3n) is 1.40. The molecule has 0 aliphatic heterocycles. The zero-order valence-corrected chi connectivity index (χ0v) is 8.31. The highest BCUT2D eigenvalue weighted by molar-refractivity contribution is 9.10. The van der Waals surface area contributed by atoms with E-state index in [1.807, 2.05) is 6.07 Å². The van der Waals surface area contributed by atoms with Crippen LogP contribution in [-0.4, -0.2) is 0 Å². The molecule has 11 heavy (non-hydrogen) atoms. The second-order valence-electron chi connectivity index (χ2n) is 3.05. The Morgan fingerprint density at radius 3 is 2.64 bits per heavy atom. The zero-order valence-electron chi connectivity index (χ0n) is 6.73. The van der Waals surface area contributed by atoms with Crippen molar-refractivity contribution in [1.82, 2.24) is 0 Å². The Labute approximate surface area is 74.9 Å². The average molecular weight is 218 g/mol. The van der Waals surface area contributed by atoms with E-state index >= 15 is 0 Å². The van der Waals surface area contributed by atoms with E-state index in [0.717, 1.165) is 16.7 Å². The summed E-state index contributed by atoms with van der Waals surface area (Å²) in [4.78, 5) is 0. The van der Waals surface area contributed by atoms with Gasteiger partial charge in [0.1, 0.15) is 0 Å². The summed E-state index contributed by atoms with van der Waals surface area (Å²) in [5, 5.41) is 0. The lowest BCUT2D eigenvalue weighted by atomic mass is 10.1. The Morgan fingerprint density at radius 2 is 2.27 bits per heavy atom. The van der Waals surface area contributed by atoms with Crippen LogP contribution >= 0.6 is 15.9 Å². The monoisotopic (exact) mass is 217 g/mol. The van der Waals surface area contributed by atoms with Gasteiger partial charge < -0.3 is 10.2 Å². The van der Waals surface area contributed by atoms with Crippen LogP contribution in [0.25, 0.3) is 0 Å². The summed E-state index contributed by atoms with van der Waals surface area (Å²) in [6.07, 6.45) is 1.00. The van der Waals surface area contributed by atoms with Crippen molar-refractivity contribution in [2.45, 2.75) is 20.3 Å². The SMILES string of the molecule is CC(C)Cc1cc(N)oc1Br. The van der Waals surface area contributed by atoms with Crippen LogP contribution in [0.3, 0.4) is 0 Å². The minimum Gasteiger partial charge on any atom is -0.434 e. The van der Waals surface area contributed by atoms with E-state index in [1.54, 1.807) is 0 Å². The van der Waals surface area contributed by atoms with Gasteiger partial charge in [0, 0.05) is 11.6 Å². The molecule has 0 atom stereocenters. The summed E-state index contributed by atoms with van der Waals surface area (Å²) in [6.45, 7) is 4.32. The smallest absolute Gasteiger partial charge is 0.192 e. The standard InChI is InChI=1S/C8H12BrNO/c1-5(2)3-6-4-7(10)11-8(6)9/h4-5H,3,10H2,1-2H3. The van der Waals surface area contributed by atoms with E-state index in [4.69, 9.17) is 10.2 Å². The van der Waals surface area contributed by atoms with Crippen molar-refractivity contribution < 1.29 is 4.42 Å². The molecule has 1 aromatic heterocycles. The molecule has 0 spiro atoms. The quantitative estimate of drug-likeness (QED) is 0.828. The second-order valence-corrected chi connectivity index (χ2v) is 3.77. The van der Waals surface area contributed by atoms with Gasteiger partial charge in [-0.2, -0.15) is 0 Å². The molecule has 62 valence electrons. The summed E-state index contributed by atoms with van der Waals surface area (Å²) in [6, 6.07) is 1.87. The lowest BCUT2D eigenvalue weighted by molar-refractivity contribution is 0.547. The van der Waals surface area contributed by atoms with Crippen molar-refractivity contribution in [1.29, 1.82) is 0 Å². The van der Waals surface area contributed by atoms with Crippen molar-refractivity contribution in [3.63, 3.8) is 0 Å². The maximum absolute atomic E-state index is 5.46. The molecule has 0 aromatic carbocycles. The maximum Gasteiger partial charge on any atom is 0.192 e. The first kappa shape index (κ1) is 8.65. The van der Waals surface area contributed by atoms with E-state index in [9.17, 15) is 0 Å². The lowest BCUT2D eigenvalue weighted by Crippen LogP contribution is -1.92. The highest BCUT2D eigenvalue weighted by Crippen LogP contribution is 2.25. The molecule has 0 aliphatic rings. The summed E-state index contributed by atoms with van der Waals surface area (Å²) in [5.74, 6) is 1.11. The van der Waals surface area contributed by atoms with Crippen LogP contribution in [-0.2, 0) is 6.42 Å². The Bertz CT molecular complexity index is 242. The van der Waals surface area contributed by atoms with E-state index < -0.39 is 0 Å². The number of hydrogen-bond donors (Lipinski definition) is 1. The summed E-state index contributed by atoms with van der Waals surface area (Å²) in [5.41, 5.74) is 6.61. The van der Waals surface area contributed by atoms with Gasteiger partial charge in [-0.05, 0) is 28.3 Å². The van der Waals surface area contributed by atoms with Gasteiger partial charge in [0.05, 0.1) is 0 Å². The van der Waals surface area contributed by atoms with Crippen LogP contribution in [0.2, 0.25) is 0 Å². The largest absolute Gasteiger partial charge is 0.434 e. The van der Waals surface area contributed by atoms with Gasteiger partial charge in [-0.15, -0.1) is 0 Å².